The van der Waals surface area contributed by atoms with E-state index in [9.17, 15) is 0 Å². The van der Waals surface area contributed by atoms with Crippen LogP contribution in [0.25, 0.3) is 0 Å². The van der Waals surface area contributed by atoms with Crippen LogP contribution in [-0.4, -0.2) is 50.5 Å². The van der Waals surface area contributed by atoms with E-state index in [4.69, 9.17) is 14.2 Å². The minimum absolute atomic E-state index is 0.344. The van der Waals surface area contributed by atoms with Crippen LogP contribution in [0, 0.1) is 6.92 Å². The van der Waals surface area contributed by atoms with Crippen LogP contribution in [0.4, 0.5) is 0 Å². The Morgan fingerprint density at radius 1 is 1.14 bits per heavy atom. The number of rotatable bonds is 7. The van der Waals surface area contributed by atoms with Gasteiger partial charge in [0, 0.05) is 13.1 Å². The molecule has 0 unspecified atom stereocenters. The first kappa shape index (κ1) is 17.1. The van der Waals surface area contributed by atoms with Crippen molar-refractivity contribution in [3.8, 4) is 11.5 Å². The van der Waals surface area contributed by atoms with Crippen molar-refractivity contribution in [2.24, 2.45) is 0 Å². The van der Waals surface area contributed by atoms with Crippen molar-refractivity contribution in [3.05, 3.63) is 23.8 Å². The highest BCUT2D eigenvalue weighted by atomic mass is 16.5. The summed E-state index contributed by atoms with van der Waals surface area (Å²) >= 11 is 0. The van der Waals surface area contributed by atoms with E-state index in [1.54, 1.807) is 7.11 Å². The predicted octanol–water partition coefficient (Wildman–Crippen LogP) is 3.27. The van der Waals surface area contributed by atoms with E-state index >= 15 is 0 Å². The summed E-state index contributed by atoms with van der Waals surface area (Å²) in [4.78, 5) is 2.49. The van der Waals surface area contributed by atoms with Gasteiger partial charge in [0.2, 0.25) is 0 Å². The topological polar surface area (TPSA) is 30.9 Å². The summed E-state index contributed by atoms with van der Waals surface area (Å²) in [6.07, 6.45) is 2.89. The number of unbranched alkanes of at least 4 members (excludes halogenated alkanes) is 1. The quantitative estimate of drug-likeness (QED) is 0.723. The lowest BCUT2D eigenvalue weighted by atomic mass is 10.2. The molecule has 1 aliphatic heterocycles. The van der Waals surface area contributed by atoms with Crippen molar-refractivity contribution in [2.75, 3.05) is 33.4 Å². The second-order valence-corrected chi connectivity index (χ2v) is 6.23. The molecule has 0 saturated carbocycles. The van der Waals surface area contributed by atoms with Crippen LogP contribution < -0.4 is 9.47 Å². The highest BCUT2D eigenvalue weighted by Gasteiger charge is 2.21. The minimum Gasteiger partial charge on any atom is -0.493 e. The van der Waals surface area contributed by atoms with E-state index in [0.717, 1.165) is 50.6 Å². The van der Waals surface area contributed by atoms with Gasteiger partial charge in [-0.1, -0.05) is 6.07 Å². The Labute approximate surface area is 134 Å². The van der Waals surface area contributed by atoms with Crippen LogP contribution >= 0.6 is 0 Å². The minimum atomic E-state index is 0.344. The molecule has 0 amide bonds. The maximum Gasteiger partial charge on any atom is 0.161 e. The van der Waals surface area contributed by atoms with E-state index in [2.05, 4.69) is 25.7 Å². The van der Waals surface area contributed by atoms with Crippen molar-refractivity contribution < 1.29 is 14.2 Å². The number of aryl methyl sites for hydroxylation is 1. The fourth-order valence-corrected chi connectivity index (χ4v) is 2.98. The zero-order valence-electron chi connectivity index (χ0n) is 14.3. The van der Waals surface area contributed by atoms with Gasteiger partial charge in [0.25, 0.3) is 0 Å². The molecule has 0 N–H and O–H groups in total. The van der Waals surface area contributed by atoms with E-state index in [0.29, 0.717) is 12.2 Å². The Bertz CT molecular complexity index is 454. The zero-order valence-corrected chi connectivity index (χ0v) is 14.3. The summed E-state index contributed by atoms with van der Waals surface area (Å²) in [6.45, 7) is 10.3. The van der Waals surface area contributed by atoms with Gasteiger partial charge in [0.05, 0.1) is 25.9 Å². The fraction of sp³-hybridized carbons (Fsp3) is 0.667. The summed E-state index contributed by atoms with van der Waals surface area (Å²) in [5, 5.41) is 0. The lowest BCUT2D eigenvalue weighted by Crippen LogP contribution is -2.45. The third-order valence-electron chi connectivity index (χ3n) is 3.94. The van der Waals surface area contributed by atoms with Crippen molar-refractivity contribution in [2.45, 2.75) is 45.8 Å². The molecule has 0 aromatic heterocycles. The lowest BCUT2D eigenvalue weighted by Gasteiger charge is -2.35. The molecular formula is C18H29NO3. The van der Waals surface area contributed by atoms with E-state index in [-0.39, 0.29) is 0 Å². The molecule has 0 spiro atoms. The third kappa shape index (κ3) is 5.18. The second kappa shape index (κ2) is 8.39. The van der Waals surface area contributed by atoms with Crippen molar-refractivity contribution in [1.29, 1.82) is 0 Å². The molecule has 2 rings (SSSR count). The Hall–Kier alpha value is -1.26. The SMILES string of the molecule is COc1cc(C)ccc1OCCCCN1C[C@H](C)O[C@@H](C)C1. The van der Waals surface area contributed by atoms with Crippen LogP contribution in [-0.2, 0) is 4.74 Å². The van der Waals surface area contributed by atoms with Gasteiger partial charge in [-0.3, -0.25) is 4.90 Å². The zero-order chi connectivity index (χ0) is 15.9. The maximum absolute atomic E-state index is 5.85. The van der Waals surface area contributed by atoms with Crippen LogP contribution in [0.2, 0.25) is 0 Å². The van der Waals surface area contributed by atoms with E-state index < -0.39 is 0 Å². The molecular weight excluding hydrogens is 278 g/mol. The molecule has 124 valence electrons. The number of nitrogens with zero attached hydrogens (tertiary/aromatic N) is 1. The molecule has 1 aromatic rings. The molecule has 0 radical (unpaired) electrons. The molecule has 0 aliphatic carbocycles. The highest BCUT2D eigenvalue weighted by molar-refractivity contribution is 5.42. The molecule has 1 aliphatic rings. The molecule has 1 fully saturated rings. The monoisotopic (exact) mass is 307 g/mol. The Morgan fingerprint density at radius 2 is 1.86 bits per heavy atom. The summed E-state index contributed by atoms with van der Waals surface area (Å²) < 4.78 is 17.0. The van der Waals surface area contributed by atoms with Crippen LogP contribution in [0.5, 0.6) is 11.5 Å². The maximum atomic E-state index is 5.85. The normalized spacial score (nSPS) is 22.5. The van der Waals surface area contributed by atoms with Crippen molar-refractivity contribution in [3.63, 3.8) is 0 Å². The highest BCUT2D eigenvalue weighted by Crippen LogP contribution is 2.27. The van der Waals surface area contributed by atoms with Gasteiger partial charge in [-0.25, -0.2) is 0 Å². The van der Waals surface area contributed by atoms with Gasteiger partial charge in [-0.2, -0.15) is 0 Å². The smallest absolute Gasteiger partial charge is 0.161 e. The lowest BCUT2D eigenvalue weighted by molar-refractivity contribution is -0.0682. The summed E-state index contributed by atoms with van der Waals surface area (Å²) in [6, 6.07) is 6.04. The number of morpholine rings is 1. The summed E-state index contributed by atoms with van der Waals surface area (Å²) in [7, 11) is 1.68. The van der Waals surface area contributed by atoms with Gasteiger partial charge < -0.3 is 14.2 Å². The summed E-state index contributed by atoms with van der Waals surface area (Å²) in [5.41, 5.74) is 1.18. The average Bonchev–Trinajstić information content (AvgIpc) is 2.47. The summed E-state index contributed by atoms with van der Waals surface area (Å²) in [5.74, 6) is 1.65. The van der Waals surface area contributed by atoms with Gasteiger partial charge in [-0.05, 0) is 57.9 Å². The number of hydrogen-bond acceptors (Lipinski definition) is 4. The Balaban J connectivity index is 1.67. The number of ether oxygens (including phenoxy) is 3. The molecule has 4 heteroatoms. The molecule has 2 atom stereocenters. The molecule has 1 saturated heterocycles. The van der Waals surface area contributed by atoms with Crippen molar-refractivity contribution in [1.82, 2.24) is 4.90 Å². The standard InChI is InChI=1S/C18H29NO3/c1-14-7-8-17(18(11-14)20-4)21-10-6-5-9-19-12-15(2)22-16(3)13-19/h7-8,11,15-16H,5-6,9-10,12-13H2,1-4H3/t15-,16-/m0/s1. The van der Waals surface area contributed by atoms with Gasteiger partial charge in [0.1, 0.15) is 0 Å². The predicted molar refractivity (Wildman–Crippen MR) is 88.9 cm³/mol. The molecule has 1 heterocycles. The Kier molecular flexibility index (Phi) is 6.52. The molecule has 1 aromatic carbocycles. The number of methoxy groups -OCH3 is 1. The first-order valence-corrected chi connectivity index (χ1v) is 8.23. The molecule has 4 nitrogen and oxygen atoms in total. The van der Waals surface area contributed by atoms with E-state index in [1.165, 1.54) is 5.56 Å². The van der Waals surface area contributed by atoms with E-state index in [1.807, 2.05) is 18.2 Å². The van der Waals surface area contributed by atoms with Gasteiger partial charge in [0.15, 0.2) is 11.5 Å². The number of hydrogen-bond donors (Lipinski definition) is 0. The van der Waals surface area contributed by atoms with Crippen LogP contribution in [0.15, 0.2) is 18.2 Å². The second-order valence-electron chi connectivity index (χ2n) is 6.23. The first-order valence-electron chi connectivity index (χ1n) is 8.23. The van der Waals surface area contributed by atoms with Crippen LogP contribution in [0.1, 0.15) is 32.3 Å². The number of benzene rings is 1. The molecule has 22 heavy (non-hydrogen) atoms. The van der Waals surface area contributed by atoms with Crippen LogP contribution in [0.3, 0.4) is 0 Å². The average molecular weight is 307 g/mol. The Morgan fingerprint density at radius 3 is 2.55 bits per heavy atom. The van der Waals surface area contributed by atoms with Crippen molar-refractivity contribution >= 4 is 0 Å². The third-order valence-corrected chi connectivity index (χ3v) is 3.94. The van der Waals surface area contributed by atoms with Gasteiger partial charge in [-0.15, -0.1) is 0 Å². The largest absolute Gasteiger partial charge is 0.493 e. The first-order chi connectivity index (χ1) is 10.6. The van der Waals surface area contributed by atoms with Gasteiger partial charge >= 0.3 is 0 Å². The fourth-order valence-electron chi connectivity index (χ4n) is 2.98. The molecule has 0 bridgehead atoms.